The predicted octanol–water partition coefficient (Wildman–Crippen LogP) is 4.19. The Labute approximate surface area is 114 Å². The maximum absolute atomic E-state index is 11.4. The molecule has 1 heterocycles. The Kier molecular flexibility index (Phi) is 3.05. The van der Waals surface area contributed by atoms with Crippen LogP contribution in [0, 0.1) is 0 Å². The lowest BCUT2D eigenvalue weighted by atomic mass is 10.0. The summed E-state index contributed by atoms with van der Waals surface area (Å²) < 4.78 is 1.03. The fraction of sp³-hybridized carbons (Fsp3) is 0.0625. The van der Waals surface area contributed by atoms with Gasteiger partial charge in [-0.05, 0) is 29.0 Å². The number of carboxylic acids is 1. The van der Waals surface area contributed by atoms with Gasteiger partial charge in [0, 0.05) is 4.70 Å². The summed E-state index contributed by atoms with van der Waals surface area (Å²) in [5, 5.41) is 10.4. The van der Waals surface area contributed by atoms with Crippen molar-refractivity contribution >= 4 is 27.4 Å². The molecule has 0 spiro atoms. The van der Waals surface area contributed by atoms with Crippen LogP contribution in [0.2, 0.25) is 0 Å². The molecule has 0 aliphatic rings. The van der Waals surface area contributed by atoms with Crippen LogP contribution in [0.25, 0.3) is 10.1 Å². The molecule has 0 unspecified atom stereocenters. The molecule has 94 valence electrons. The normalized spacial score (nSPS) is 10.7. The number of hydrogen-bond donors (Lipinski definition) is 1. The molecule has 0 amide bonds. The van der Waals surface area contributed by atoms with E-state index in [1.54, 1.807) is 0 Å². The Bertz CT molecular complexity index is 729. The first-order valence-corrected chi connectivity index (χ1v) is 6.85. The molecule has 0 bridgehead atoms. The van der Waals surface area contributed by atoms with Crippen molar-refractivity contribution in [1.29, 1.82) is 0 Å². The first-order valence-electron chi connectivity index (χ1n) is 6.03. The molecule has 0 fully saturated rings. The number of benzene rings is 2. The van der Waals surface area contributed by atoms with Crippen molar-refractivity contribution in [2.75, 3.05) is 0 Å². The highest BCUT2D eigenvalue weighted by molar-refractivity contribution is 7.21. The summed E-state index contributed by atoms with van der Waals surface area (Å²) >= 11 is 1.35. The summed E-state index contributed by atoms with van der Waals surface area (Å²) in [7, 11) is 0. The second-order valence-electron chi connectivity index (χ2n) is 4.37. The number of thiophene rings is 1. The average Bonchev–Trinajstić information content (AvgIpc) is 2.79. The van der Waals surface area contributed by atoms with E-state index in [1.807, 2.05) is 54.6 Å². The Morgan fingerprint density at radius 2 is 1.68 bits per heavy atom. The minimum atomic E-state index is -0.841. The van der Waals surface area contributed by atoms with Gasteiger partial charge in [0.25, 0.3) is 0 Å². The maximum Gasteiger partial charge on any atom is 0.346 e. The van der Waals surface area contributed by atoms with Crippen molar-refractivity contribution in [3.05, 3.63) is 70.6 Å². The van der Waals surface area contributed by atoms with E-state index in [4.69, 9.17) is 0 Å². The van der Waals surface area contributed by atoms with E-state index in [2.05, 4.69) is 0 Å². The summed E-state index contributed by atoms with van der Waals surface area (Å²) in [6.07, 6.45) is 0.659. The van der Waals surface area contributed by atoms with Gasteiger partial charge < -0.3 is 5.11 Å². The Morgan fingerprint density at radius 3 is 2.42 bits per heavy atom. The molecule has 0 saturated carbocycles. The number of carboxylic acid groups (broad SMARTS) is 1. The molecule has 3 heteroatoms. The van der Waals surface area contributed by atoms with Crippen molar-refractivity contribution < 1.29 is 9.90 Å². The molecule has 3 rings (SSSR count). The molecule has 1 aromatic heterocycles. The fourth-order valence-electron chi connectivity index (χ4n) is 2.25. The summed E-state index contributed by atoms with van der Waals surface area (Å²) in [5.41, 5.74) is 2.05. The van der Waals surface area contributed by atoms with Gasteiger partial charge in [-0.1, -0.05) is 48.5 Å². The maximum atomic E-state index is 11.4. The highest BCUT2D eigenvalue weighted by Crippen LogP contribution is 2.32. The monoisotopic (exact) mass is 268 g/mol. The molecule has 0 atom stereocenters. The molecule has 3 aromatic rings. The highest BCUT2D eigenvalue weighted by Gasteiger charge is 2.17. The molecule has 1 N–H and O–H groups in total. The quantitative estimate of drug-likeness (QED) is 0.773. The number of aromatic carboxylic acids is 1. The number of rotatable bonds is 3. The SMILES string of the molecule is O=C(O)c1sc2ccccc2c1Cc1ccccc1. The predicted molar refractivity (Wildman–Crippen MR) is 78.0 cm³/mol. The zero-order valence-corrected chi connectivity index (χ0v) is 11.0. The molecule has 19 heavy (non-hydrogen) atoms. The van der Waals surface area contributed by atoms with Gasteiger partial charge in [-0.15, -0.1) is 11.3 Å². The third-order valence-electron chi connectivity index (χ3n) is 3.12. The molecule has 0 aliphatic carbocycles. The van der Waals surface area contributed by atoms with Gasteiger partial charge in [-0.2, -0.15) is 0 Å². The van der Waals surface area contributed by atoms with E-state index in [9.17, 15) is 9.90 Å². The van der Waals surface area contributed by atoms with Crippen molar-refractivity contribution in [3.8, 4) is 0 Å². The summed E-state index contributed by atoms with van der Waals surface area (Å²) in [6, 6.07) is 17.8. The lowest BCUT2D eigenvalue weighted by Crippen LogP contribution is -1.98. The van der Waals surface area contributed by atoms with Gasteiger partial charge in [-0.25, -0.2) is 4.79 Å². The molecular weight excluding hydrogens is 256 g/mol. The Balaban J connectivity index is 2.15. The Morgan fingerprint density at radius 1 is 1.00 bits per heavy atom. The van der Waals surface area contributed by atoms with E-state index < -0.39 is 5.97 Å². The molecule has 0 aliphatic heterocycles. The zero-order chi connectivity index (χ0) is 13.2. The molecule has 0 radical (unpaired) electrons. The van der Waals surface area contributed by atoms with Gasteiger partial charge in [-0.3, -0.25) is 0 Å². The third-order valence-corrected chi connectivity index (χ3v) is 4.32. The lowest BCUT2D eigenvalue weighted by Gasteiger charge is -2.02. The zero-order valence-electron chi connectivity index (χ0n) is 10.2. The summed E-state index contributed by atoms with van der Waals surface area (Å²) in [6.45, 7) is 0. The van der Waals surface area contributed by atoms with Crippen molar-refractivity contribution in [1.82, 2.24) is 0 Å². The van der Waals surface area contributed by atoms with Crippen LogP contribution in [0.5, 0.6) is 0 Å². The van der Waals surface area contributed by atoms with Gasteiger partial charge in [0.05, 0.1) is 0 Å². The van der Waals surface area contributed by atoms with Gasteiger partial charge in [0.1, 0.15) is 4.88 Å². The topological polar surface area (TPSA) is 37.3 Å². The molecular formula is C16H12O2S. The molecule has 2 nitrogen and oxygen atoms in total. The van der Waals surface area contributed by atoms with E-state index in [0.717, 1.165) is 21.2 Å². The average molecular weight is 268 g/mol. The smallest absolute Gasteiger partial charge is 0.346 e. The number of hydrogen-bond acceptors (Lipinski definition) is 2. The molecule has 0 saturated heterocycles. The van der Waals surface area contributed by atoms with Crippen LogP contribution in [0.15, 0.2) is 54.6 Å². The van der Waals surface area contributed by atoms with Crippen LogP contribution in [-0.4, -0.2) is 11.1 Å². The van der Waals surface area contributed by atoms with Crippen molar-refractivity contribution in [2.24, 2.45) is 0 Å². The highest BCUT2D eigenvalue weighted by atomic mass is 32.1. The lowest BCUT2D eigenvalue weighted by molar-refractivity contribution is 0.0701. The second-order valence-corrected chi connectivity index (χ2v) is 5.43. The molecule has 2 aromatic carbocycles. The van der Waals surface area contributed by atoms with Crippen LogP contribution in [-0.2, 0) is 6.42 Å². The van der Waals surface area contributed by atoms with E-state index >= 15 is 0 Å². The van der Waals surface area contributed by atoms with Crippen molar-refractivity contribution in [2.45, 2.75) is 6.42 Å². The van der Waals surface area contributed by atoms with Crippen LogP contribution in [0.4, 0.5) is 0 Å². The minimum absolute atomic E-state index is 0.449. The van der Waals surface area contributed by atoms with Crippen LogP contribution in [0.3, 0.4) is 0 Å². The number of carbonyl (C=O) groups is 1. The fourth-order valence-corrected chi connectivity index (χ4v) is 3.31. The standard InChI is InChI=1S/C16H12O2S/c17-16(18)15-13(10-11-6-2-1-3-7-11)12-8-4-5-9-14(12)19-15/h1-9H,10H2,(H,17,18). The van der Waals surface area contributed by atoms with Gasteiger partial charge in [0.15, 0.2) is 0 Å². The Hall–Kier alpha value is -2.13. The van der Waals surface area contributed by atoms with Crippen LogP contribution in [0.1, 0.15) is 20.8 Å². The van der Waals surface area contributed by atoms with E-state index in [0.29, 0.717) is 11.3 Å². The van der Waals surface area contributed by atoms with Crippen molar-refractivity contribution in [3.63, 3.8) is 0 Å². The second kappa shape index (κ2) is 4.86. The minimum Gasteiger partial charge on any atom is -0.477 e. The first kappa shape index (κ1) is 11.9. The van der Waals surface area contributed by atoms with Crippen LogP contribution < -0.4 is 0 Å². The van der Waals surface area contributed by atoms with E-state index in [1.165, 1.54) is 11.3 Å². The summed E-state index contributed by atoms with van der Waals surface area (Å²) in [5.74, 6) is -0.841. The van der Waals surface area contributed by atoms with E-state index in [-0.39, 0.29) is 0 Å². The summed E-state index contributed by atoms with van der Waals surface area (Å²) in [4.78, 5) is 11.8. The third kappa shape index (κ3) is 2.25. The van der Waals surface area contributed by atoms with Gasteiger partial charge >= 0.3 is 5.97 Å². The van der Waals surface area contributed by atoms with Gasteiger partial charge in [0.2, 0.25) is 0 Å². The number of fused-ring (bicyclic) bond motifs is 1. The largest absolute Gasteiger partial charge is 0.477 e. The van der Waals surface area contributed by atoms with Crippen LogP contribution >= 0.6 is 11.3 Å². The first-order chi connectivity index (χ1) is 9.25.